The molecule has 3 nitrogen and oxygen atoms in total. The molecular formula is C8H10ClN3S. The number of nitrogens with zero attached hydrogens (tertiary/aromatic N) is 1. The molecule has 0 fully saturated rings. The van der Waals surface area contributed by atoms with Gasteiger partial charge in [-0.1, -0.05) is 41.6 Å². The van der Waals surface area contributed by atoms with E-state index in [-0.39, 0.29) is 0 Å². The van der Waals surface area contributed by atoms with Gasteiger partial charge in [-0.3, -0.25) is 0 Å². The second kappa shape index (κ2) is 4.99. The summed E-state index contributed by atoms with van der Waals surface area (Å²) in [7, 11) is 0. The number of benzene rings is 1. The van der Waals surface area contributed by atoms with Crippen LogP contribution in [-0.4, -0.2) is 5.17 Å². The summed E-state index contributed by atoms with van der Waals surface area (Å²) in [5.74, 6) is 5.67. The number of hydrazone groups is 1. The number of hydrogen-bond acceptors (Lipinski definition) is 3. The van der Waals surface area contributed by atoms with Gasteiger partial charge in [0.25, 0.3) is 0 Å². The molecule has 1 rings (SSSR count). The number of hydrogen-bond donors (Lipinski definition) is 2. The molecular weight excluding hydrogens is 206 g/mol. The van der Waals surface area contributed by atoms with Crippen LogP contribution in [0.25, 0.3) is 0 Å². The predicted octanol–water partition coefficient (Wildman–Crippen LogP) is 1.76. The molecule has 4 N–H and O–H groups in total. The minimum Gasteiger partial charge on any atom is -0.377 e. The largest absolute Gasteiger partial charge is 0.377 e. The fraction of sp³-hybridized carbons (Fsp3) is 0.125. The average molecular weight is 216 g/mol. The summed E-state index contributed by atoms with van der Waals surface area (Å²) in [4.78, 5) is 0. The first kappa shape index (κ1) is 10.2. The maximum absolute atomic E-state index is 5.93. The van der Waals surface area contributed by atoms with Gasteiger partial charge in [0.2, 0.25) is 0 Å². The van der Waals surface area contributed by atoms with E-state index < -0.39 is 0 Å². The molecule has 1 aromatic rings. The lowest BCUT2D eigenvalue weighted by atomic mass is 10.2. The molecule has 0 aliphatic carbocycles. The number of nitrogens with two attached hydrogens (primary N) is 2. The van der Waals surface area contributed by atoms with Crippen LogP contribution in [0.4, 0.5) is 0 Å². The number of halogens is 1. The maximum Gasteiger partial charge on any atom is 0.177 e. The van der Waals surface area contributed by atoms with Gasteiger partial charge in [-0.2, -0.15) is 5.10 Å². The van der Waals surface area contributed by atoms with Crippen molar-refractivity contribution in [2.45, 2.75) is 5.75 Å². The molecule has 0 saturated carbocycles. The Labute approximate surface area is 86.1 Å². The Balaban J connectivity index is 2.60. The summed E-state index contributed by atoms with van der Waals surface area (Å²) in [6, 6.07) is 7.60. The molecule has 0 saturated heterocycles. The number of amidine groups is 1. The molecule has 5 heteroatoms. The lowest BCUT2D eigenvalue weighted by molar-refractivity contribution is 1.25. The number of rotatable bonds is 2. The average Bonchev–Trinajstić information content (AvgIpc) is 2.16. The summed E-state index contributed by atoms with van der Waals surface area (Å²) >= 11 is 7.29. The molecule has 13 heavy (non-hydrogen) atoms. The predicted molar refractivity (Wildman–Crippen MR) is 58.6 cm³/mol. The van der Waals surface area contributed by atoms with Crippen molar-refractivity contribution in [1.82, 2.24) is 0 Å². The smallest absolute Gasteiger partial charge is 0.177 e. The third kappa shape index (κ3) is 3.16. The van der Waals surface area contributed by atoms with Gasteiger partial charge in [-0.15, -0.1) is 0 Å². The fourth-order valence-electron chi connectivity index (χ4n) is 0.804. The van der Waals surface area contributed by atoms with Crippen LogP contribution in [0.5, 0.6) is 0 Å². The van der Waals surface area contributed by atoms with Crippen LogP contribution in [0.1, 0.15) is 5.56 Å². The van der Waals surface area contributed by atoms with Crippen LogP contribution in [0, 0.1) is 0 Å². The van der Waals surface area contributed by atoms with Crippen molar-refractivity contribution in [3.05, 3.63) is 34.9 Å². The molecule has 0 heterocycles. The van der Waals surface area contributed by atoms with Gasteiger partial charge in [0.05, 0.1) is 0 Å². The van der Waals surface area contributed by atoms with E-state index in [1.165, 1.54) is 11.8 Å². The monoisotopic (exact) mass is 215 g/mol. The van der Waals surface area contributed by atoms with Crippen molar-refractivity contribution in [1.29, 1.82) is 0 Å². The molecule has 0 bridgehead atoms. The van der Waals surface area contributed by atoms with Crippen LogP contribution >= 0.6 is 23.4 Å². The van der Waals surface area contributed by atoms with Gasteiger partial charge in [-0.25, -0.2) is 0 Å². The fourth-order valence-corrected chi connectivity index (χ4v) is 1.72. The van der Waals surface area contributed by atoms with Crippen LogP contribution in [-0.2, 0) is 5.75 Å². The van der Waals surface area contributed by atoms with Gasteiger partial charge in [0.1, 0.15) is 0 Å². The molecule has 1 aromatic carbocycles. The Kier molecular flexibility index (Phi) is 3.92. The quantitative estimate of drug-likeness (QED) is 0.342. The van der Waals surface area contributed by atoms with Crippen molar-refractivity contribution in [2.24, 2.45) is 16.7 Å². The van der Waals surface area contributed by atoms with Crippen molar-refractivity contribution in [2.75, 3.05) is 0 Å². The third-order valence-electron chi connectivity index (χ3n) is 1.46. The molecule has 0 unspecified atom stereocenters. The van der Waals surface area contributed by atoms with E-state index in [1.54, 1.807) is 0 Å². The lowest BCUT2D eigenvalue weighted by Gasteiger charge is -2.01. The van der Waals surface area contributed by atoms with E-state index in [0.29, 0.717) is 10.9 Å². The van der Waals surface area contributed by atoms with Crippen molar-refractivity contribution in [3.63, 3.8) is 0 Å². The van der Waals surface area contributed by atoms with Crippen LogP contribution in [0.15, 0.2) is 29.4 Å². The van der Waals surface area contributed by atoms with Crippen LogP contribution in [0.2, 0.25) is 5.02 Å². The molecule has 0 atom stereocenters. The van der Waals surface area contributed by atoms with E-state index in [1.807, 2.05) is 24.3 Å². The molecule has 0 aliphatic heterocycles. The summed E-state index contributed by atoms with van der Waals surface area (Å²) in [5, 5.41) is 4.44. The van der Waals surface area contributed by atoms with E-state index in [0.717, 1.165) is 10.6 Å². The zero-order chi connectivity index (χ0) is 9.68. The Morgan fingerprint density at radius 3 is 2.77 bits per heavy atom. The first-order chi connectivity index (χ1) is 6.24. The summed E-state index contributed by atoms with van der Waals surface area (Å²) < 4.78 is 0. The van der Waals surface area contributed by atoms with Gasteiger partial charge in [0.15, 0.2) is 5.17 Å². The van der Waals surface area contributed by atoms with Gasteiger partial charge >= 0.3 is 0 Å². The summed E-state index contributed by atoms with van der Waals surface area (Å²) in [6.07, 6.45) is 0. The SMILES string of the molecule is NN=C(N)SCc1ccccc1Cl. The first-order valence-electron chi connectivity index (χ1n) is 3.63. The first-order valence-corrected chi connectivity index (χ1v) is 5.00. The molecule has 0 aromatic heterocycles. The van der Waals surface area contributed by atoms with Crippen LogP contribution < -0.4 is 11.6 Å². The molecule has 0 spiro atoms. The topological polar surface area (TPSA) is 64.4 Å². The Morgan fingerprint density at radius 1 is 1.46 bits per heavy atom. The third-order valence-corrected chi connectivity index (χ3v) is 2.69. The minimum atomic E-state index is 0.361. The van der Waals surface area contributed by atoms with E-state index in [2.05, 4.69) is 5.10 Å². The van der Waals surface area contributed by atoms with E-state index in [4.69, 9.17) is 23.2 Å². The highest BCUT2D eigenvalue weighted by Gasteiger charge is 2.00. The number of thioether (sulfide) groups is 1. The lowest BCUT2D eigenvalue weighted by Crippen LogP contribution is -2.09. The van der Waals surface area contributed by atoms with Gasteiger partial charge < -0.3 is 11.6 Å². The van der Waals surface area contributed by atoms with Crippen molar-refractivity contribution >= 4 is 28.5 Å². The van der Waals surface area contributed by atoms with Crippen molar-refractivity contribution in [3.8, 4) is 0 Å². The Hall–Kier alpha value is -0.870. The van der Waals surface area contributed by atoms with E-state index in [9.17, 15) is 0 Å². The second-order valence-corrected chi connectivity index (χ2v) is 3.75. The Morgan fingerprint density at radius 2 is 2.15 bits per heavy atom. The molecule has 70 valence electrons. The zero-order valence-electron chi connectivity index (χ0n) is 6.90. The standard InChI is InChI=1S/C8H10ClN3S/c9-7-4-2-1-3-6(7)5-13-8(10)12-11/h1-4H,5,11H2,(H2,10,12). The van der Waals surface area contributed by atoms with E-state index >= 15 is 0 Å². The van der Waals surface area contributed by atoms with Gasteiger partial charge in [-0.05, 0) is 11.6 Å². The highest BCUT2D eigenvalue weighted by Crippen LogP contribution is 2.20. The highest BCUT2D eigenvalue weighted by atomic mass is 35.5. The van der Waals surface area contributed by atoms with Crippen LogP contribution in [0.3, 0.4) is 0 Å². The normalized spacial score (nSPS) is 11.6. The minimum absolute atomic E-state index is 0.361. The Bertz CT molecular complexity index is 314. The second-order valence-electron chi connectivity index (χ2n) is 2.35. The highest BCUT2D eigenvalue weighted by molar-refractivity contribution is 8.13. The molecule has 0 aliphatic rings. The maximum atomic E-state index is 5.93. The summed E-state index contributed by atoms with van der Waals surface area (Å²) in [6.45, 7) is 0. The zero-order valence-corrected chi connectivity index (χ0v) is 8.48. The van der Waals surface area contributed by atoms with Crippen molar-refractivity contribution < 1.29 is 0 Å². The summed E-state index contributed by atoms with van der Waals surface area (Å²) in [5.41, 5.74) is 6.44. The van der Waals surface area contributed by atoms with Gasteiger partial charge in [0, 0.05) is 10.8 Å². The molecule has 0 radical (unpaired) electrons. The molecule has 0 amide bonds.